The Morgan fingerprint density at radius 2 is 1.97 bits per heavy atom. The van der Waals surface area contributed by atoms with Gasteiger partial charge in [-0.15, -0.1) is 0 Å². The Balaban J connectivity index is 1.61. The van der Waals surface area contributed by atoms with Crippen LogP contribution in [0.2, 0.25) is 0 Å². The molecule has 1 heterocycles. The van der Waals surface area contributed by atoms with Crippen molar-refractivity contribution in [2.75, 3.05) is 6.61 Å². The minimum atomic E-state index is -1.35. The SMILES string of the molecule is CC1(C)O[C@@H]2CC3C4C[C@H](F)C5=CC(=O)CC[C@]5(C)C4C(O)C[C@]3(C)[C@]2(C(=O)CO)O1. The molecule has 5 rings (SSSR count). The molecular formula is C24H33FO6. The van der Waals surface area contributed by atoms with E-state index in [4.69, 9.17) is 9.47 Å². The number of rotatable bonds is 2. The minimum absolute atomic E-state index is 0.0457. The molecule has 3 saturated carbocycles. The Hall–Kier alpha value is -1.15. The average Bonchev–Trinajstić information content (AvgIpc) is 3.08. The lowest BCUT2D eigenvalue weighted by molar-refractivity contribution is -0.228. The molecule has 0 spiro atoms. The molecule has 0 aromatic carbocycles. The lowest BCUT2D eigenvalue weighted by Gasteiger charge is -2.61. The number of aliphatic hydroxyl groups excluding tert-OH is 2. The fourth-order valence-corrected chi connectivity index (χ4v) is 8.41. The van der Waals surface area contributed by atoms with Crippen molar-refractivity contribution in [3.63, 3.8) is 0 Å². The normalized spacial score (nSPS) is 52.6. The highest BCUT2D eigenvalue weighted by Crippen LogP contribution is 2.70. The summed E-state index contributed by atoms with van der Waals surface area (Å²) in [5.41, 5.74) is -2.19. The van der Waals surface area contributed by atoms with Crippen molar-refractivity contribution in [1.29, 1.82) is 0 Å². The monoisotopic (exact) mass is 436 g/mol. The molecule has 0 aromatic heterocycles. The van der Waals surface area contributed by atoms with E-state index in [1.807, 2.05) is 13.8 Å². The highest BCUT2D eigenvalue weighted by atomic mass is 19.1. The highest BCUT2D eigenvalue weighted by Gasteiger charge is 2.77. The quantitative estimate of drug-likeness (QED) is 0.691. The van der Waals surface area contributed by atoms with Crippen molar-refractivity contribution >= 4 is 11.6 Å². The maximum Gasteiger partial charge on any atom is 0.193 e. The number of carbonyl (C=O) groups is 2. The standard InChI is InChI=1S/C24H33FO6/c1-21(2)30-19-9-14-13-8-16(25)15-7-12(27)5-6-22(15,3)20(13)17(28)10-23(14,4)24(19,31-21)18(29)11-26/h7,13-14,16-17,19-20,26,28H,5-6,8-11H2,1-4H3/t13?,14?,16-,17?,19+,20?,22-,23-,24+/m0/s1. The third-order valence-corrected chi connectivity index (χ3v) is 9.42. The van der Waals surface area contributed by atoms with Crippen LogP contribution in [-0.2, 0) is 19.1 Å². The Labute approximate surface area is 182 Å². The molecule has 0 amide bonds. The van der Waals surface area contributed by atoms with E-state index in [9.17, 15) is 19.8 Å². The Bertz CT molecular complexity index is 868. The number of ether oxygens (including phenoxy) is 2. The Morgan fingerprint density at radius 3 is 2.65 bits per heavy atom. The molecule has 7 heteroatoms. The minimum Gasteiger partial charge on any atom is -0.393 e. The van der Waals surface area contributed by atoms with Gasteiger partial charge in [-0.3, -0.25) is 9.59 Å². The third kappa shape index (κ3) is 2.58. The Kier molecular flexibility index (Phi) is 4.52. The smallest absolute Gasteiger partial charge is 0.193 e. The predicted octanol–water partition coefficient (Wildman–Crippen LogP) is 2.50. The first-order valence-corrected chi connectivity index (χ1v) is 11.5. The number of Topliss-reactive ketones (excluding diaryl/α,β-unsaturated/α-hetero) is 1. The summed E-state index contributed by atoms with van der Waals surface area (Å²) in [5, 5.41) is 21.3. The first-order valence-electron chi connectivity index (χ1n) is 11.5. The summed E-state index contributed by atoms with van der Waals surface area (Å²) in [6, 6.07) is 0. The van der Waals surface area contributed by atoms with Crippen molar-refractivity contribution in [1.82, 2.24) is 0 Å². The van der Waals surface area contributed by atoms with E-state index in [2.05, 4.69) is 0 Å². The van der Waals surface area contributed by atoms with E-state index in [0.717, 1.165) is 0 Å². The van der Waals surface area contributed by atoms with Gasteiger partial charge in [-0.25, -0.2) is 4.39 Å². The summed E-state index contributed by atoms with van der Waals surface area (Å²) in [6.07, 6.45) is 0.872. The van der Waals surface area contributed by atoms with Gasteiger partial charge in [-0.05, 0) is 74.3 Å². The van der Waals surface area contributed by atoms with Gasteiger partial charge in [0.05, 0.1) is 12.2 Å². The molecule has 0 radical (unpaired) electrons. The molecule has 0 aromatic rings. The number of alkyl halides is 1. The molecule has 4 fully saturated rings. The predicted molar refractivity (Wildman–Crippen MR) is 109 cm³/mol. The van der Waals surface area contributed by atoms with Crippen molar-refractivity contribution in [3.05, 3.63) is 11.6 Å². The summed E-state index contributed by atoms with van der Waals surface area (Å²) in [7, 11) is 0. The maximum atomic E-state index is 15.5. The molecule has 5 aliphatic rings. The first kappa shape index (κ1) is 21.7. The number of ketones is 2. The summed E-state index contributed by atoms with van der Waals surface area (Å²) in [5.74, 6) is -1.90. The highest BCUT2D eigenvalue weighted by molar-refractivity contribution is 5.92. The number of halogens is 1. The molecule has 172 valence electrons. The number of allylic oxidation sites excluding steroid dienone is 1. The molecule has 0 bridgehead atoms. The lowest BCUT2D eigenvalue weighted by atomic mass is 9.45. The van der Waals surface area contributed by atoms with Gasteiger partial charge in [-0.1, -0.05) is 13.8 Å². The van der Waals surface area contributed by atoms with E-state index >= 15 is 4.39 Å². The molecule has 4 unspecified atom stereocenters. The molecule has 2 N–H and O–H groups in total. The largest absolute Gasteiger partial charge is 0.393 e. The van der Waals surface area contributed by atoms with Crippen LogP contribution >= 0.6 is 0 Å². The summed E-state index contributed by atoms with van der Waals surface area (Å²) in [4.78, 5) is 25.2. The topological polar surface area (TPSA) is 93.1 Å². The molecule has 1 aliphatic heterocycles. The van der Waals surface area contributed by atoms with Crippen LogP contribution in [0, 0.1) is 28.6 Å². The van der Waals surface area contributed by atoms with Crippen LogP contribution in [0.25, 0.3) is 0 Å². The van der Waals surface area contributed by atoms with Gasteiger partial charge in [0, 0.05) is 11.8 Å². The van der Waals surface area contributed by atoms with Gasteiger partial charge in [0.2, 0.25) is 0 Å². The number of hydrogen-bond acceptors (Lipinski definition) is 6. The zero-order valence-electron chi connectivity index (χ0n) is 18.7. The second-order valence-electron chi connectivity index (χ2n) is 11.3. The maximum absolute atomic E-state index is 15.5. The zero-order chi connectivity index (χ0) is 22.6. The summed E-state index contributed by atoms with van der Waals surface area (Å²) < 4.78 is 27.9. The van der Waals surface area contributed by atoms with Crippen molar-refractivity contribution in [2.24, 2.45) is 28.6 Å². The van der Waals surface area contributed by atoms with Crippen LogP contribution in [0.15, 0.2) is 11.6 Å². The van der Waals surface area contributed by atoms with Crippen LogP contribution in [0.5, 0.6) is 0 Å². The molecular weight excluding hydrogens is 403 g/mol. The van der Waals surface area contributed by atoms with E-state index < -0.39 is 53.0 Å². The van der Waals surface area contributed by atoms with Crippen LogP contribution in [0.4, 0.5) is 4.39 Å². The van der Waals surface area contributed by atoms with Gasteiger partial charge in [-0.2, -0.15) is 0 Å². The van der Waals surface area contributed by atoms with E-state index in [0.29, 0.717) is 31.3 Å². The fraction of sp³-hybridized carbons (Fsp3) is 0.833. The van der Waals surface area contributed by atoms with Gasteiger partial charge >= 0.3 is 0 Å². The van der Waals surface area contributed by atoms with Gasteiger partial charge in [0.15, 0.2) is 23.0 Å². The van der Waals surface area contributed by atoms with Crippen molar-refractivity contribution < 1.29 is 33.7 Å². The lowest BCUT2D eigenvalue weighted by Crippen LogP contribution is -2.64. The van der Waals surface area contributed by atoms with E-state index in [-0.39, 0.29) is 30.0 Å². The van der Waals surface area contributed by atoms with Crippen LogP contribution in [0.3, 0.4) is 0 Å². The summed E-state index contributed by atoms with van der Waals surface area (Å²) >= 11 is 0. The number of fused-ring (bicyclic) bond motifs is 7. The Morgan fingerprint density at radius 1 is 1.26 bits per heavy atom. The molecule has 1 saturated heterocycles. The van der Waals surface area contributed by atoms with Crippen molar-refractivity contribution in [2.45, 2.75) is 89.6 Å². The molecule has 9 atom stereocenters. The number of carbonyl (C=O) groups excluding carboxylic acids is 2. The van der Waals surface area contributed by atoms with Crippen molar-refractivity contribution in [3.8, 4) is 0 Å². The van der Waals surface area contributed by atoms with Gasteiger partial charge in [0.25, 0.3) is 0 Å². The first-order chi connectivity index (χ1) is 14.4. The number of aliphatic hydroxyl groups is 2. The van der Waals surface area contributed by atoms with Gasteiger partial charge in [0.1, 0.15) is 12.8 Å². The second kappa shape index (κ2) is 6.46. The van der Waals surface area contributed by atoms with Crippen LogP contribution < -0.4 is 0 Å². The average molecular weight is 437 g/mol. The van der Waals surface area contributed by atoms with Crippen LogP contribution in [0.1, 0.15) is 59.8 Å². The third-order valence-electron chi connectivity index (χ3n) is 9.42. The zero-order valence-corrected chi connectivity index (χ0v) is 18.7. The summed E-state index contributed by atoms with van der Waals surface area (Å²) in [6.45, 7) is 6.78. The van der Waals surface area contributed by atoms with E-state index in [1.54, 1.807) is 13.8 Å². The van der Waals surface area contributed by atoms with Crippen LogP contribution in [-0.4, -0.2) is 58.2 Å². The fourth-order valence-electron chi connectivity index (χ4n) is 8.41. The second-order valence-corrected chi connectivity index (χ2v) is 11.3. The molecule has 4 aliphatic carbocycles. The van der Waals surface area contributed by atoms with E-state index in [1.165, 1.54) is 6.08 Å². The molecule has 6 nitrogen and oxygen atoms in total. The number of hydrogen-bond donors (Lipinski definition) is 2. The van der Waals surface area contributed by atoms with Gasteiger partial charge < -0.3 is 19.7 Å². The molecule has 31 heavy (non-hydrogen) atoms.